The normalized spacial score (nSPS) is 25.6. The molecule has 0 radical (unpaired) electrons. The van der Waals surface area contributed by atoms with Gasteiger partial charge in [0, 0.05) is 0 Å². The number of benzene rings is 2. The standard InChI is InChI=1S/C25H30N2O2/c1-6-19(22-26-20(24(2,3)28-22)17-13-9-7-10-14-17)23-27-21(25(4,5)29-23)18-15-11-8-12-16-18/h7-16,19-21H,6H2,1-5H3. The molecule has 0 saturated carbocycles. The highest BCUT2D eigenvalue weighted by atomic mass is 16.5. The molecular formula is C25H30N2O2. The minimum absolute atomic E-state index is 0.0346. The molecule has 0 fully saturated rings. The molecule has 2 aromatic carbocycles. The van der Waals surface area contributed by atoms with Crippen LogP contribution in [0.25, 0.3) is 0 Å². The van der Waals surface area contributed by atoms with Gasteiger partial charge in [0.25, 0.3) is 0 Å². The number of aliphatic imine (C=N–C) groups is 2. The van der Waals surface area contributed by atoms with Crippen molar-refractivity contribution in [3.63, 3.8) is 0 Å². The van der Waals surface area contributed by atoms with Gasteiger partial charge >= 0.3 is 0 Å². The monoisotopic (exact) mass is 390 g/mol. The zero-order valence-electron chi connectivity index (χ0n) is 17.9. The minimum atomic E-state index is -0.405. The molecule has 2 aliphatic heterocycles. The number of hydrogen-bond acceptors (Lipinski definition) is 4. The Labute approximate surface area is 173 Å². The Kier molecular flexibility index (Phi) is 4.97. The first-order valence-electron chi connectivity index (χ1n) is 10.4. The molecule has 2 aromatic rings. The van der Waals surface area contributed by atoms with Gasteiger partial charge in [0.1, 0.15) is 29.2 Å². The Morgan fingerprint density at radius 2 is 1.10 bits per heavy atom. The van der Waals surface area contributed by atoms with Gasteiger partial charge in [-0.3, -0.25) is 0 Å². The van der Waals surface area contributed by atoms with Crippen LogP contribution in [0.5, 0.6) is 0 Å². The van der Waals surface area contributed by atoms with E-state index in [-0.39, 0.29) is 18.0 Å². The predicted octanol–water partition coefficient (Wildman–Crippen LogP) is 5.91. The van der Waals surface area contributed by atoms with Crippen molar-refractivity contribution in [2.75, 3.05) is 0 Å². The molecule has 0 N–H and O–H groups in total. The molecule has 2 atom stereocenters. The summed E-state index contributed by atoms with van der Waals surface area (Å²) in [5.41, 5.74) is 1.52. The van der Waals surface area contributed by atoms with Crippen LogP contribution < -0.4 is 0 Å². The van der Waals surface area contributed by atoms with Crippen LogP contribution >= 0.6 is 0 Å². The van der Waals surface area contributed by atoms with Crippen molar-refractivity contribution in [3.8, 4) is 0 Å². The van der Waals surface area contributed by atoms with Crippen LogP contribution in [-0.4, -0.2) is 23.0 Å². The summed E-state index contributed by atoms with van der Waals surface area (Å²) in [6.45, 7) is 10.5. The fourth-order valence-corrected chi connectivity index (χ4v) is 4.27. The van der Waals surface area contributed by atoms with E-state index in [1.54, 1.807) is 0 Å². The molecule has 4 nitrogen and oxygen atoms in total. The van der Waals surface area contributed by atoms with Gasteiger partial charge in [-0.15, -0.1) is 0 Å². The summed E-state index contributed by atoms with van der Waals surface area (Å²) in [6.07, 6.45) is 0.826. The summed E-state index contributed by atoms with van der Waals surface area (Å²) < 4.78 is 12.8. The summed E-state index contributed by atoms with van der Waals surface area (Å²) in [4.78, 5) is 10.0. The van der Waals surface area contributed by atoms with Gasteiger partial charge in [0.05, 0.1) is 0 Å². The number of hydrogen-bond donors (Lipinski definition) is 0. The summed E-state index contributed by atoms with van der Waals surface area (Å²) in [5, 5.41) is 0. The Morgan fingerprint density at radius 3 is 1.45 bits per heavy atom. The molecule has 0 spiro atoms. The van der Waals surface area contributed by atoms with Gasteiger partial charge in [-0.05, 0) is 45.2 Å². The summed E-state index contributed by atoms with van der Waals surface area (Å²) >= 11 is 0. The lowest BCUT2D eigenvalue weighted by Gasteiger charge is -2.27. The van der Waals surface area contributed by atoms with Gasteiger partial charge in [0.2, 0.25) is 0 Å². The van der Waals surface area contributed by atoms with Crippen LogP contribution in [0.3, 0.4) is 0 Å². The summed E-state index contributed by atoms with van der Waals surface area (Å²) in [5.74, 6) is 1.39. The first-order valence-corrected chi connectivity index (χ1v) is 10.4. The van der Waals surface area contributed by atoms with Crippen molar-refractivity contribution in [2.24, 2.45) is 15.9 Å². The van der Waals surface area contributed by atoms with Crippen LogP contribution in [0.2, 0.25) is 0 Å². The van der Waals surface area contributed by atoms with Crippen molar-refractivity contribution in [2.45, 2.75) is 64.3 Å². The summed E-state index contributed by atoms with van der Waals surface area (Å²) in [7, 11) is 0. The fourth-order valence-electron chi connectivity index (χ4n) is 4.27. The number of rotatable bonds is 5. The molecule has 0 aromatic heterocycles. The van der Waals surface area contributed by atoms with Crippen LogP contribution in [-0.2, 0) is 9.47 Å². The highest BCUT2D eigenvalue weighted by Gasteiger charge is 2.47. The van der Waals surface area contributed by atoms with E-state index in [4.69, 9.17) is 19.5 Å². The fraction of sp³-hybridized carbons (Fsp3) is 0.440. The third kappa shape index (κ3) is 3.68. The van der Waals surface area contributed by atoms with Crippen LogP contribution in [0.1, 0.15) is 64.3 Å². The van der Waals surface area contributed by atoms with E-state index >= 15 is 0 Å². The molecule has 2 heterocycles. The highest BCUT2D eigenvalue weighted by Crippen LogP contribution is 2.43. The Hall–Kier alpha value is -2.62. The smallest absolute Gasteiger partial charge is 0.197 e. The second-order valence-corrected chi connectivity index (χ2v) is 8.93. The van der Waals surface area contributed by atoms with Crippen molar-refractivity contribution in [1.29, 1.82) is 0 Å². The average Bonchev–Trinajstić information content (AvgIpc) is 3.19. The third-order valence-electron chi connectivity index (χ3n) is 5.80. The van der Waals surface area contributed by atoms with Crippen LogP contribution in [0.15, 0.2) is 70.6 Å². The lowest BCUT2D eigenvalue weighted by Crippen LogP contribution is -2.34. The molecule has 4 rings (SSSR count). The zero-order chi connectivity index (χ0) is 20.6. The number of ether oxygens (including phenoxy) is 2. The van der Waals surface area contributed by atoms with Gasteiger partial charge in [-0.25, -0.2) is 9.98 Å². The number of nitrogens with zero attached hydrogens (tertiary/aromatic N) is 2. The van der Waals surface area contributed by atoms with Gasteiger partial charge in [-0.1, -0.05) is 67.6 Å². The molecule has 4 heteroatoms. The summed E-state index contributed by atoms with van der Waals surface area (Å²) in [6, 6.07) is 20.6. The van der Waals surface area contributed by atoms with E-state index in [9.17, 15) is 0 Å². The second kappa shape index (κ2) is 7.33. The van der Waals surface area contributed by atoms with Crippen molar-refractivity contribution < 1.29 is 9.47 Å². The zero-order valence-corrected chi connectivity index (χ0v) is 17.9. The largest absolute Gasteiger partial charge is 0.472 e. The Balaban J connectivity index is 1.66. The van der Waals surface area contributed by atoms with E-state index in [2.05, 4.69) is 58.9 Å². The van der Waals surface area contributed by atoms with E-state index in [0.717, 1.165) is 18.2 Å². The predicted molar refractivity (Wildman–Crippen MR) is 117 cm³/mol. The minimum Gasteiger partial charge on any atom is -0.472 e. The van der Waals surface area contributed by atoms with E-state index in [1.807, 2.05) is 36.4 Å². The van der Waals surface area contributed by atoms with Gasteiger partial charge in [-0.2, -0.15) is 0 Å². The average molecular weight is 391 g/mol. The molecule has 2 aliphatic rings. The Bertz CT molecular complexity index is 841. The second-order valence-electron chi connectivity index (χ2n) is 8.93. The van der Waals surface area contributed by atoms with Crippen molar-refractivity contribution in [3.05, 3.63) is 71.8 Å². The maximum Gasteiger partial charge on any atom is 0.197 e. The molecule has 29 heavy (non-hydrogen) atoms. The quantitative estimate of drug-likeness (QED) is 0.637. The van der Waals surface area contributed by atoms with E-state index in [1.165, 1.54) is 11.1 Å². The third-order valence-corrected chi connectivity index (χ3v) is 5.80. The molecule has 152 valence electrons. The SMILES string of the molecule is CCC(C1=NC(c2ccccc2)C(C)(C)O1)C1=NC(c2ccccc2)C(C)(C)O1. The molecular weight excluding hydrogens is 360 g/mol. The lowest BCUT2D eigenvalue weighted by atomic mass is 9.93. The van der Waals surface area contributed by atoms with E-state index in [0.29, 0.717) is 0 Å². The molecule has 0 amide bonds. The van der Waals surface area contributed by atoms with Crippen LogP contribution in [0.4, 0.5) is 0 Å². The van der Waals surface area contributed by atoms with E-state index < -0.39 is 11.2 Å². The topological polar surface area (TPSA) is 43.2 Å². The molecule has 2 unspecified atom stereocenters. The van der Waals surface area contributed by atoms with Crippen molar-refractivity contribution >= 4 is 11.8 Å². The molecule has 0 saturated heterocycles. The highest BCUT2D eigenvalue weighted by molar-refractivity contribution is 6.02. The lowest BCUT2D eigenvalue weighted by molar-refractivity contribution is 0.0804. The molecule has 0 aliphatic carbocycles. The van der Waals surface area contributed by atoms with Crippen molar-refractivity contribution in [1.82, 2.24) is 0 Å². The first kappa shape index (κ1) is 19.7. The maximum absolute atomic E-state index is 6.38. The Morgan fingerprint density at radius 1 is 0.724 bits per heavy atom. The maximum atomic E-state index is 6.38. The van der Waals surface area contributed by atoms with Gasteiger partial charge < -0.3 is 9.47 Å². The molecule has 0 bridgehead atoms. The first-order chi connectivity index (χ1) is 13.8. The van der Waals surface area contributed by atoms with Crippen LogP contribution in [0, 0.1) is 5.92 Å². The van der Waals surface area contributed by atoms with Gasteiger partial charge in [0.15, 0.2) is 11.8 Å².